The van der Waals surface area contributed by atoms with Gasteiger partial charge in [-0.25, -0.2) is 14.4 Å². The van der Waals surface area contributed by atoms with Crippen molar-refractivity contribution >= 4 is 22.4 Å². The van der Waals surface area contributed by atoms with E-state index in [1.807, 2.05) is 0 Å². The number of rotatable bonds is 5. The maximum atomic E-state index is 13.9. The molecular formula is C15H17F2N5OS. The highest BCUT2D eigenvalue weighted by Crippen LogP contribution is 2.27. The predicted molar refractivity (Wildman–Crippen MR) is 85.5 cm³/mol. The van der Waals surface area contributed by atoms with Crippen molar-refractivity contribution in [3.63, 3.8) is 0 Å². The van der Waals surface area contributed by atoms with Crippen molar-refractivity contribution in [1.82, 2.24) is 19.9 Å². The van der Waals surface area contributed by atoms with Crippen LogP contribution in [0.3, 0.4) is 0 Å². The van der Waals surface area contributed by atoms with E-state index in [-0.39, 0.29) is 11.0 Å². The Morgan fingerprint density at radius 3 is 2.88 bits per heavy atom. The van der Waals surface area contributed by atoms with Crippen LogP contribution in [0.15, 0.2) is 12.4 Å². The van der Waals surface area contributed by atoms with E-state index in [0.29, 0.717) is 29.6 Å². The van der Waals surface area contributed by atoms with Crippen molar-refractivity contribution in [2.45, 2.75) is 26.3 Å². The smallest absolute Gasteiger partial charge is 0.230 e. The summed E-state index contributed by atoms with van der Waals surface area (Å²) < 4.78 is 26.7. The number of halogens is 2. The van der Waals surface area contributed by atoms with Gasteiger partial charge in [0.15, 0.2) is 10.9 Å². The van der Waals surface area contributed by atoms with Crippen LogP contribution in [0.5, 0.6) is 0 Å². The summed E-state index contributed by atoms with van der Waals surface area (Å²) in [6.45, 7) is 3.47. The Kier molecular flexibility index (Phi) is 5.10. The molecular weight excluding hydrogens is 336 g/mol. The Bertz CT molecular complexity index is 721. The summed E-state index contributed by atoms with van der Waals surface area (Å²) in [5.41, 5.74) is 0. The average Bonchev–Trinajstić information content (AvgIpc) is 3.08. The third-order valence-corrected chi connectivity index (χ3v) is 4.75. The first-order valence-corrected chi connectivity index (χ1v) is 8.43. The molecule has 0 aromatic carbocycles. The molecule has 1 aliphatic heterocycles. The van der Waals surface area contributed by atoms with E-state index in [1.165, 1.54) is 19.3 Å². The Morgan fingerprint density at radius 2 is 2.17 bits per heavy atom. The molecule has 3 heterocycles. The lowest BCUT2D eigenvalue weighted by atomic mass is 10.0. The van der Waals surface area contributed by atoms with Crippen LogP contribution in [0.25, 0.3) is 0 Å². The summed E-state index contributed by atoms with van der Waals surface area (Å²) in [5, 5.41) is 2.78. The highest BCUT2D eigenvalue weighted by atomic mass is 32.1. The molecule has 2 aromatic rings. The zero-order valence-electron chi connectivity index (χ0n) is 13.1. The van der Waals surface area contributed by atoms with E-state index in [0.717, 1.165) is 30.8 Å². The average molecular weight is 353 g/mol. The van der Waals surface area contributed by atoms with Crippen LogP contribution < -0.4 is 5.32 Å². The van der Waals surface area contributed by atoms with Gasteiger partial charge in [-0.05, 0) is 18.9 Å². The molecule has 0 saturated carbocycles. The summed E-state index contributed by atoms with van der Waals surface area (Å²) in [4.78, 5) is 25.3. The van der Waals surface area contributed by atoms with Gasteiger partial charge in [-0.1, -0.05) is 11.3 Å². The SMILES string of the molecule is CC(=O)Nc1nc(F)c(CN2CC[C@H](Cc3ncc(F)cn3)C2)s1. The first-order valence-electron chi connectivity index (χ1n) is 7.61. The summed E-state index contributed by atoms with van der Waals surface area (Å²) in [6.07, 6.45) is 3.98. The second-order valence-electron chi connectivity index (χ2n) is 5.83. The first-order chi connectivity index (χ1) is 11.5. The number of carbonyl (C=O) groups excluding carboxylic acids is 1. The zero-order valence-corrected chi connectivity index (χ0v) is 13.9. The Balaban J connectivity index is 1.55. The lowest BCUT2D eigenvalue weighted by molar-refractivity contribution is -0.114. The van der Waals surface area contributed by atoms with Crippen LogP contribution in [0.2, 0.25) is 0 Å². The maximum absolute atomic E-state index is 13.9. The molecule has 1 amide bonds. The van der Waals surface area contributed by atoms with E-state index in [1.54, 1.807) is 0 Å². The Labute approximate surface area is 142 Å². The molecule has 0 radical (unpaired) electrons. The summed E-state index contributed by atoms with van der Waals surface area (Å²) in [7, 11) is 0. The molecule has 24 heavy (non-hydrogen) atoms. The van der Waals surface area contributed by atoms with Crippen molar-refractivity contribution in [2.24, 2.45) is 5.92 Å². The number of thiazole rings is 1. The van der Waals surface area contributed by atoms with Gasteiger partial charge in [-0.3, -0.25) is 9.69 Å². The lowest BCUT2D eigenvalue weighted by Gasteiger charge is -2.14. The van der Waals surface area contributed by atoms with E-state index in [9.17, 15) is 13.6 Å². The number of carbonyl (C=O) groups is 1. The minimum absolute atomic E-state index is 0.268. The van der Waals surface area contributed by atoms with Gasteiger partial charge in [0.2, 0.25) is 11.9 Å². The molecule has 0 unspecified atom stereocenters. The molecule has 1 saturated heterocycles. The number of hydrogen-bond acceptors (Lipinski definition) is 6. The van der Waals surface area contributed by atoms with Gasteiger partial charge in [0.1, 0.15) is 5.82 Å². The second kappa shape index (κ2) is 7.27. The molecule has 1 fully saturated rings. The molecule has 0 aliphatic carbocycles. The molecule has 1 aliphatic rings. The normalized spacial score (nSPS) is 18.0. The van der Waals surface area contributed by atoms with Crippen molar-refractivity contribution in [1.29, 1.82) is 0 Å². The fourth-order valence-corrected chi connectivity index (χ4v) is 3.69. The third kappa shape index (κ3) is 4.30. The van der Waals surface area contributed by atoms with Crippen molar-refractivity contribution in [3.05, 3.63) is 34.9 Å². The van der Waals surface area contributed by atoms with E-state index in [2.05, 4.69) is 25.2 Å². The molecule has 3 rings (SSSR count). The standard InChI is InChI=1S/C15H17F2N5OS/c1-9(23)20-15-21-14(17)12(24-15)8-22-3-2-10(7-22)4-13-18-5-11(16)6-19-13/h5-6,10H,2-4,7-8H2,1H3,(H,20,21,23)/t10-/m1/s1. The van der Waals surface area contributed by atoms with Gasteiger partial charge < -0.3 is 5.32 Å². The summed E-state index contributed by atoms with van der Waals surface area (Å²) >= 11 is 1.16. The van der Waals surface area contributed by atoms with Crippen LogP contribution in [-0.2, 0) is 17.8 Å². The van der Waals surface area contributed by atoms with Crippen LogP contribution in [0, 0.1) is 17.7 Å². The number of hydrogen-bond donors (Lipinski definition) is 1. The van der Waals surface area contributed by atoms with Crippen LogP contribution >= 0.6 is 11.3 Å². The van der Waals surface area contributed by atoms with Gasteiger partial charge in [0.05, 0.1) is 17.3 Å². The summed E-state index contributed by atoms with van der Waals surface area (Å²) in [5.74, 6) is -0.256. The van der Waals surface area contributed by atoms with Crippen molar-refractivity contribution in [2.75, 3.05) is 18.4 Å². The second-order valence-corrected chi connectivity index (χ2v) is 6.91. The van der Waals surface area contributed by atoms with Gasteiger partial charge in [0.25, 0.3) is 0 Å². The minimum Gasteiger partial charge on any atom is -0.302 e. The number of nitrogens with one attached hydrogen (secondary N) is 1. The van der Waals surface area contributed by atoms with Gasteiger partial charge >= 0.3 is 0 Å². The molecule has 0 bridgehead atoms. The van der Waals surface area contributed by atoms with Gasteiger partial charge in [0, 0.05) is 26.4 Å². The van der Waals surface area contributed by atoms with Gasteiger partial charge in [-0.2, -0.15) is 9.37 Å². The molecule has 0 spiro atoms. The number of amides is 1. The van der Waals surface area contributed by atoms with Crippen molar-refractivity contribution in [3.8, 4) is 0 Å². The third-order valence-electron chi connectivity index (χ3n) is 3.81. The monoisotopic (exact) mass is 353 g/mol. The largest absolute Gasteiger partial charge is 0.302 e. The highest BCUT2D eigenvalue weighted by Gasteiger charge is 2.25. The van der Waals surface area contributed by atoms with E-state index < -0.39 is 11.8 Å². The molecule has 1 atom stereocenters. The molecule has 9 heteroatoms. The fraction of sp³-hybridized carbons (Fsp3) is 0.467. The van der Waals surface area contributed by atoms with Crippen molar-refractivity contribution < 1.29 is 13.6 Å². The quantitative estimate of drug-likeness (QED) is 0.893. The maximum Gasteiger partial charge on any atom is 0.230 e. The van der Waals surface area contributed by atoms with Crippen LogP contribution in [-0.4, -0.2) is 38.8 Å². The fourth-order valence-electron chi connectivity index (χ4n) is 2.76. The lowest BCUT2D eigenvalue weighted by Crippen LogP contribution is -2.21. The number of anilines is 1. The number of aromatic nitrogens is 3. The Hall–Kier alpha value is -2.00. The zero-order chi connectivity index (χ0) is 17.1. The van der Waals surface area contributed by atoms with Crippen LogP contribution in [0.1, 0.15) is 24.0 Å². The van der Waals surface area contributed by atoms with Crippen LogP contribution in [0.4, 0.5) is 13.9 Å². The van der Waals surface area contributed by atoms with Gasteiger partial charge in [-0.15, -0.1) is 0 Å². The predicted octanol–water partition coefficient (Wildman–Crippen LogP) is 2.23. The molecule has 2 aromatic heterocycles. The molecule has 1 N–H and O–H groups in total. The molecule has 128 valence electrons. The Morgan fingerprint density at radius 1 is 1.42 bits per heavy atom. The number of likely N-dealkylation sites (tertiary alicyclic amines) is 1. The number of nitrogens with zero attached hydrogens (tertiary/aromatic N) is 4. The molecule has 6 nitrogen and oxygen atoms in total. The van der Waals surface area contributed by atoms with E-state index >= 15 is 0 Å². The highest BCUT2D eigenvalue weighted by molar-refractivity contribution is 7.15. The summed E-state index contributed by atoms with van der Waals surface area (Å²) in [6, 6.07) is 0. The minimum atomic E-state index is -0.533. The van der Waals surface area contributed by atoms with E-state index in [4.69, 9.17) is 0 Å². The first kappa shape index (κ1) is 16.8. The topological polar surface area (TPSA) is 71.0 Å².